The number of nitrogens with zero attached hydrogens (tertiary/aromatic N) is 1. The Hall–Kier alpha value is -3.44. The Morgan fingerprint density at radius 2 is 1.68 bits per heavy atom. The second-order valence-corrected chi connectivity index (χ2v) is 6.48. The first-order chi connectivity index (χ1) is 13.5. The molecule has 0 aliphatic carbocycles. The third-order valence-corrected chi connectivity index (χ3v) is 4.39. The van der Waals surface area contributed by atoms with Crippen LogP contribution in [0.5, 0.6) is 0 Å². The van der Waals surface area contributed by atoms with Crippen molar-refractivity contribution in [2.45, 2.75) is 6.92 Å². The molecule has 0 unspecified atom stereocenters. The summed E-state index contributed by atoms with van der Waals surface area (Å²) in [5.41, 5.74) is 5.51. The molecule has 0 bridgehead atoms. The largest absolute Gasteiger partial charge is 0.322 e. The lowest BCUT2D eigenvalue weighted by atomic mass is 10.1. The molecule has 0 spiro atoms. The number of aryl methyl sites for hydroxylation is 1. The van der Waals surface area contributed by atoms with E-state index in [1.807, 2.05) is 37.3 Å². The lowest BCUT2D eigenvalue weighted by molar-refractivity contribution is 0.0953. The van der Waals surface area contributed by atoms with Gasteiger partial charge in [0, 0.05) is 27.4 Å². The van der Waals surface area contributed by atoms with Gasteiger partial charge in [-0.2, -0.15) is 5.10 Å². The van der Waals surface area contributed by atoms with E-state index in [-0.39, 0.29) is 5.91 Å². The summed E-state index contributed by atoms with van der Waals surface area (Å²) < 4.78 is 0. The Labute approximate surface area is 168 Å². The summed E-state index contributed by atoms with van der Waals surface area (Å²) in [4.78, 5) is 24.7. The average Bonchev–Trinajstić information content (AvgIpc) is 2.70. The van der Waals surface area contributed by atoms with E-state index >= 15 is 0 Å². The molecule has 0 heterocycles. The van der Waals surface area contributed by atoms with E-state index in [0.717, 1.165) is 5.56 Å². The van der Waals surface area contributed by atoms with Crippen molar-refractivity contribution in [3.63, 3.8) is 0 Å². The molecule has 0 atom stereocenters. The van der Waals surface area contributed by atoms with Crippen LogP contribution >= 0.6 is 11.6 Å². The average molecular weight is 392 g/mol. The number of hydrazone groups is 1. The predicted octanol–water partition coefficient (Wildman–Crippen LogP) is 4.66. The highest BCUT2D eigenvalue weighted by Crippen LogP contribution is 2.15. The van der Waals surface area contributed by atoms with Gasteiger partial charge in [0.25, 0.3) is 11.8 Å². The van der Waals surface area contributed by atoms with E-state index in [4.69, 9.17) is 11.6 Å². The molecule has 0 saturated carbocycles. The van der Waals surface area contributed by atoms with Crippen molar-refractivity contribution >= 4 is 35.3 Å². The monoisotopic (exact) mass is 391 g/mol. The van der Waals surface area contributed by atoms with Crippen molar-refractivity contribution in [1.82, 2.24) is 5.43 Å². The van der Waals surface area contributed by atoms with Gasteiger partial charge in [-0.1, -0.05) is 54.1 Å². The first-order valence-corrected chi connectivity index (χ1v) is 8.97. The van der Waals surface area contributed by atoms with Gasteiger partial charge in [-0.3, -0.25) is 9.59 Å². The molecule has 0 saturated heterocycles. The summed E-state index contributed by atoms with van der Waals surface area (Å²) >= 11 is 6.04. The highest BCUT2D eigenvalue weighted by Gasteiger charge is 2.10. The van der Waals surface area contributed by atoms with Crippen molar-refractivity contribution in [3.05, 3.63) is 100 Å². The molecule has 2 amide bonds. The third-order valence-electron chi connectivity index (χ3n) is 4.05. The fourth-order valence-corrected chi connectivity index (χ4v) is 2.75. The van der Waals surface area contributed by atoms with Crippen LogP contribution in [-0.4, -0.2) is 18.0 Å². The van der Waals surface area contributed by atoms with Crippen LogP contribution in [0.4, 0.5) is 5.69 Å². The summed E-state index contributed by atoms with van der Waals surface area (Å²) in [6.07, 6.45) is 1.48. The van der Waals surface area contributed by atoms with Crippen LogP contribution in [0, 0.1) is 6.92 Å². The molecule has 2 N–H and O–H groups in total. The van der Waals surface area contributed by atoms with Crippen LogP contribution in [0.1, 0.15) is 31.8 Å². The Kier molecular flexibility index (Phi) is 6.19. The molecule has 0 radical (unpaired) electrons. The molecule has 0 aliphatic heterocycles. The minimum absolute atomic E-state index is 0.229. The van der Waals surface area contributed by atoms with E-state index < -0.39 is 5.91 Å². The van der Waals surface area contributed by atoms with Gasteiger partial charge in [-0.15, -0.1) is 0 Å². The smallest absolute Gasteiger partial charge is 0.271 e. The maximum absolute atomic E-state index is 12.4. The van der Waals surface area contributed by atoms with Crippen LogP contribution < -0.4 is 10.7 Å². The van der Waals surface area contributed by atoms with Gasteiger partial charge in [-0.25, -0.2) is 5.43 Å². The van der Waals surface area contributed by atoms with Crippen LogP contribution in [-0.2, 0) is 0 Å². The van der Waals surface area contributed by atoms with E-state index in [9.17, 15) is 9.59 Å². The normalized spacial score (nSPS) is 10.6. The minimum atomic E-state index is -0.393. The lowest BCUT2D eigenvalue weighted by Gasteiger charge is -2.08. The van der Waals surface area contributed by atoms with E-state index in [1.165, 1.54) is 6.21 Å². The molecule has 0 aliphatic rings. The number of carbonyl (C=O) groups excluding carboxylic acids is 2. The van der Waals surface area contributed by atoms with Gasteiger partial charge in [-0.05, 0) is 42.8 Å². The highest BCUT2D eigenvalue weighted by atomic mass is 35.5. The topological polar surface area (TPSA) is 70.6 Å². The molecule has 5 nitrogen and oxygen atoms in total. The molecule has 0 fully saturated rings. The fraction of sp³-hybridized carbons (Fsp3) is 0.0455. The second kappa shape index (κ2) is 8.97. The molecule has 28 heavy (non-hydrogen) atoms. The quantitative estimate of drug-likeness (QED) is 0.490. The number of hydrogen-bond donors (Lipinski definition) is 2. The Bertz CT molecular complexity index is 1050. The number of nitrogens with one attached hydrogen (secondary N) is 2. The number of halogens is 1. The van der Waals surface area contributed by atoms with Gasteiger partial charge in [0.15, 0.2) is 0 Å². The maximum Gasteiger partial charge on any atom is 0.271 e. The standard InChI is InChI=1S/C22H18ClN3O2/c1-15-7-2-4-11-19(15)22(28)25-18-10-6-9-16(13-18)21(27)26-24-14-17-8-3-5-12-20(17)23/h2-14H,1H3,(H,25,28)(H,26,27)/b24-14-. The number of hydrogen-bond acceptors (Lipinski definition) is 3. The summed E-state index contributed by atoms with van der Waals surface area (Å²) in [5, 5.41) is 7.28. The first-order valence-electron chi connectivity index (χ1n) is 8.59. The van der Waals surface area contributed by atoms with Gasteiger partial charge in [0.2, 0.25) is 0 Å². The summed E-state index contributed by atoms with van der Waals surface area (Å²) in [6, 6.07) is 21.1. The summed E-state index contributed by atoms with van der Waals surface area (Å²) in [7, 11) is 0. The highest BCUT2D eigenvalue weighted by molar-refractivity contribution is 6.33. The molecule has 3 aromatic rings. The zero-order chi connectivity index (χ0) is 19.9. The predicted molar refractivity (Wildman–Crippen MR) is 112 cm³/mol. The van der Waals surface area contributed by atoms with Gasteiger partial charge < -0.3 is 5.32 Å². The van der Waals surface area contributed by atoms with Crippen molar-refractivity contribution in [3.8, 4) is 0 Å². The molecule has 3 rings (SSSR count). The molecule has 6 heteroatoms. The van der Waals surface area contributed by atoms with Crippen LogP contribution in [0.3, 0.4) is 0 Å². The molecular formula is C22H18ClN3O2. The first kappa shape index (κ1) is 19.3. The van der Waals surface area contributed by atoms with Crippen LogP contribution in [0.2, 0.25) is 5.02 Å². The Morgan fingerprint density at radius 1 is 0.929 bits per heavy atom. The lowest BCUT2D eigenvalue weighted by Crippen LogP contribution is -2.18. The SMILES string of the molecule is Cc1ccccc1C(=O)Nc1cccc(C(=O)N/N=C\c2ccccc2Cl)c1. The minimum Gasteiger partial charge on any atom is -0.322 e. The van der Waals surface area contributed by atoms with Gasteiger partial charge in [0.1, 0.15) is 0 Å². The molecule has 140 valence electrons. The number of anilines is 1. The maximum atomic E-state index is 12.4. The summed E-state index contributed by atoms with van der Waals surface area (Å²) in [6.45, 7) is 1.87. The number of benzene rings is 3. The fourth-order valence-electron chi connectivity index (χ4n) is 2.57. The van der Waals surface area contributed by atoms with E-state index in [0.29, 0.717) is 27.4 Å². The van der Waals surface area contributed by atoms with Crippen LogP contribution in [0.15, 0.2) is 77.9 Å². The van der Waals surface area contributed by atoms with Crippen molar-refractivity contribution in [2.75, 3.05) is 5.32 Å². The molecule has 3 aromatic carbocycles. The molecular weight excluding hydrogens is 374 g/mol. The van der Waals surface area contributed by atoms with Crippen LogP contribution in [0.25, 0.3) is 0 Å². The zero-order valence-corrected chi connectivity index (χ0v) is 15.9. The third kappa shape index (κ3) is 4.84. The Morgan fingerprint density at radius 3 is 2.46 bits per heavy atom. The number of rotatable bonds is 5. The second-order valence-electron chi connectivity index (χ2n) is 6.07. The summed E-state index contributed by atoms with van der Waals surface area (Å²) in [5.74, 6) is -0.623. The van der Waals surface area contributed by atoms with E-state index in [2.05, 4.69) is 15.8 Å². The van der Waals surface area contributed by atoms with Crippen molar-refractivity contribution in [1.29, 1.82) is 0 Å². The number of carbonyl (C=O) groups is 2. The van der Waals surface area contributed by atoms with Crippen molar-refractivity contribution < 1.29 is 9.59 Å². The van der Waals surface area contributed by atoms with Crippen molar-refractivity contribution in [2.24, 2.45) is 5.10 Å². The number of amides is 2. The molecule has 0 aromatic heterocycles. The van der Waals surface area contributed by atoms with Gasteiger partial charge >= 0.3 is 0 Å². The zero-order valence-electron chi connectivity index (χ0n) is 15.1. The van der Waals surface area contributed by atoms with Gasteiger partial charge in [0.05, 0.1) is 6.21 Å². The Balaban J connectivity index is 1.67. The van der Waals surface area contributed by atoms with E-state index in [1.54, 1.807) is 42.5 Å².